The van der Waals surface area contributed by atoms with E-state index in [-0.39, 0.29) is 11.0 Å². The van der Waals surface area contributed by atoms with Gasteiger partial charge < -0.3 is 0 Å². The molecule has 0 aliphatic rings. The molecule has 0 bridgehead atoms. The second-order valence-corrected chi connectivity index (χ2v) is 8.81. The molecule has 2 aromatic heterocycles. The Kier molecular flexibility index (Phi) is 4.67. The van der Waals surface area contributed by atoms with E-state index in [1.54, 1.807) is 21.8 Å². The van der Waals surface area contributed by atoms with Crippen LogP contribution in [-0.4, -0.2) is 19.3 Å². The van der Waals surface area contributed by atoms with Crippen molar-refractivity contribution >= 4 is 27.0 Å². The molecule has 0 radical (unpaired) electrons. The summed E-state index contributed by atoms with van der Waals surface area (Å²) in [6, 6.07) is 16.1. The maximum absolute atomic E-state index is 12.9. The van der Waals surface area contributed by atoms with Crippen molar-refractivity contribution < 1.29 is 0 Å². The smallest absolute Gasteiger partial charge is 0.264 e. The predicted octanol–water partition coefficient (Wildman–Crippen LogP) is 4.69. The van der Waals surface area contributed by atoms with Crippen LogP contribution in [0.3, 0.4) is 0 Å². The van der Waals surface area contributed by atoms with Gasteiger partial charge in [0.2, 0.25) is 0 Å². The lowest BCUT2D eigenvalue weighted by Gasteiger charge is -2.19. The molecular weight excluding hydrogens is 416 g/mol. The highest BCUT2D eigenvalue weighted by molar-refractivity contribution is 9.10. The lowest BCUT2D eigenvalue weighted by molar-refractivity contribution is 0.589. The molecular formula is C22H21BrN4O. The summed E-state index contributed by atoms with van der Waals surface area (Å²) < 4.78 is 4.30. The molecule has 6 heteroatoms. The Morgan fingerprint density at radius 3 is 2.32 bits per heavy atom. The second-order valence-electron chi connectivity index (χ2n) is 7.89. The number of nitrogens with zero attached hydrogens (tertiary/aromatic N) is 4. The monoisotopic (exact) mass is 436 g/mol. The molecule has 0 atom stereocenters. The van der Waals surface area contributed by atoms with Crippen LogP contribution in [0.1, 0.15) is 31.9 Å². The van der Waals surface area contributed by atoms with Gasteiger partial charge in [-0.05, 0) is 40.8 Å². The number of halogens is 1. The van der Waals surface area contributed by atoms with E-state index in [9.17, 15) is 4.79 Å². The first kappa shape index (κ1) is 18.6. The maximum atomic E-state index is 12.9. The van der Waals surface area contributed by atoms with Crippen molar-refractivity contribution in [2.75, 3.05) is 0 Å². The normalized spacial score (nSPS) is 11.9. The summed E-state index contributed by atoms with van der Waals surface area (Å²) in [4.78, 5) is 17.4. The molecule has 0 amide bonds. The van der Waals surface area contributed by atoms with Crippen LogP contribution in [0.2, 0.25) is 0 Å². The predicted molar refractivity (Wildman–Crippen MR) is 115 cm³/mol. The Morgan fingerprint density at radius 1 is 1.00 bits per heavy atom. The van der Waals surface area contributed by atoms with Crippen molar-refractivity contribution in [1.29, 1.82) is 0 Å². The SMILES string of the molecule is CC(C)(C)c1ccc(Cn2cnc3c(cnn3-c3ccc(Br)cc3)c2=O)cc1. The highest BCUT2D eigenvalue weighted by Gasteiger charge is 2.14. The highest BCUT2D eigenvalue weighted by atomic mass is 79.9. The van der Waals surface area contributed by atoms with E-state index in [1.165, 1.54) is 5.56 Å². The van der Waals surface area contributed by atoms with Crippen LogP contribution in [-0.2, 0) is 12.0 Å². The molecule has 4 rings (SSSR count). The summed E-state index contributed by atoms with van der Waals surface area (Å²) in [7, 11) is 0. The number of hydrogen-bond acceptors (Lipinski definition) is 3. The standard InChI is InChI=1S/C22H21BrN4O/c1-22(2,3)16-6-4-15(5-7-16)13-26-14-24-20-19(21(26)28)12-25-27(20)18-10-8-17(23)9-11-18/h4-12,14H,13H2,1-3H3. The third-order valence-corrected chi connectivity index (χ3v) is 5.33. The maximum Gasteiger partial charge on any atom is 0.264 e. The van der Waals surface area contributed by atoms with Crippen LogP contribution in [0.4, 0.5) is 0 Å². The van der Waals surface area contributed by atoms with E-state index in [2.05, 4.69) is 71.0 Å². The first-order valence-electron chi connectivity index (χ1n) is 9.11. The average Bonchev–Trinajstić information content (AvgIpc) is 3.09. The fourth-order valence-electron chi connectivity index (χ4n) is 3.14. The second kappa shape index (κ2) is 7.02. The first-order chi connectivity index (χ1) is 13.3. The molecule has 2 aromatic carbocycles. The van der Waals surface area contributed by atoms with Gasteiger partial charge in [0.05, 0.1) is 18.4 Å². The highest BCUT2D eigenvalue weighted by Crippen LogP contribution is 2.22. The van der Waals surface area contributed by atoms with E-state index in [0.717, 1.165) is 15.7 Å². The zero-order valence-electron chi connectivity index (χ0n) is 16.1. The van der Waals surface area contributed by atoms with Crippen molar-refractivity contribution in [3.63, 3.8) is 0 Å². The van der Waals surface area contributed by atoms with Crippen LogP contribution in [0.15, 0.2) is 70.3 Å². The van der Waals surface area contributed by atoms with Crippen LogP contribution < -0.4 is 5.56 Å². The summed E-state index contributed by atoms with van der Waals surface area (Å²) in [5.74, 6) is 0. The average molecular weight is 437 g/mol. The van der Waals surface area contributed by atoms with Gasteiger partial charge in [-0.15, -0.1) is 0 Å². The van der Waals surface area contributed by atoms with Gasteiger partial charge in [-0.2, -0.15) is 5.10 Å². The molecule has 0 saturated heterocycles. The van der Waals surface area contributed by atoms with Crippen molar-refractivity contribution in [2.24, 2.45) is 0 Å². The summed E-state index contributed by atoms with van der Waals surface area (Å²) in [6.07, 6.45) is 3.19. The van der Waals surface area contributed by atoms with Gasteiger partial charge in [-0.25, -0.2) is 9.67 Å². The third kappa shape index (κ3) is 3.52. The summed E-state index contributed by atoms with van der Waals surface area (Å²) in [6.45, 7) is 7.05. The largest absolute Gasteiger partial charge is 0.294 e. The minimum atomic E-state index is -0.0896. The number of hydrogen-bond donors (Lipinski definition) is 0. The fourth-order valence-corrected chi connectivity index (χ4v) is 3.40. The third-order valence-electron chi connectivity index (χ3n) is 4.80. The minimum Gasteiger partial charge on any atom is -0.294 e. The van der Waals surface area contributed by atoms with Crippen LogP contribution in [0.25, 0.3) is 16.7 Å². The Labute approximate surface area is 171 Å². The molecule has 2 heterocycles. The lowest BCUT2D eigenvalue weighted by atomic mass is 9.87. The Bertz CT molecular complexity index is 1180. The lowest BCUT2D eigenvalue weighted by Crippen LogP contribution is -2.21. The zero-order chi connectivity index (χ0) is 19.9. The number of aromatic nitrogens is 4. The molecule has 28 heavy (non-hydrogen) atoms. The van der Waals surface area contributed by atoms with Gasteiger partial charge in [0, 0.05) is 4.47 Å². The van der Waals surface area contributed by atoms with E-state index >= 15 is 0 Å². The van der Waals surface area contributed by atoms with Crippen molar-refractivity contribution in [1.82, 2.24) is 19.3 Å². The Balaban J connectivity index is 1.67. The molecule has 0 unspecified atom stereocenters. The molecule has 5 nitrogen and oxygen atoms in total. The summed E-state index contributed by atoms with van der Waals surface area (Å²) >= 11 is 3.43. The summed E-state index contributed by atoms with van der Waals surface area (Å²) in [5, 5.41) is 4.88. The number of benzene rings is 2. The molecule has 0 aliphatic carbocycles. The number of rotatable bonds is 3. The molecule has 142 valence electrons. The molecule has 0 spiro atoms. The van der Waals surface area contributed by atoms with Crippen molar-refractivity contribution in [3.05, 3.63) is 87.0 Å². The van der Waals surface area contributed by atoms with Gasteiger partial charge in [-0.3, -0.25) is 9.36 Å². The van der Waals surface area contributed by atoms with Crippen molar-refractivity contribution in [3.8, 4) is 5.69 Å². The Hall–Kier alpha value is -2.73. The van der Waals surface area contributed by atoms with Gasteiger partial charge in [0.15, 0.2) is 5.65 Å². The quantitative estimate of drug-likeness (QED) is 0.467. The van der Waals surface area contributed by atoms with Gasteiger partial charge in [0.25, 0.3) is 5.56 Å². The minimum absolute atomic E-state index is 0.0896. The molecule has 0 saturated carbocycles. The summed E-state index contributed by atoms with van der Waals surface area (Å²) in [5.41, 5.74) is 3.78. The number of fused-ring (bicyclic) bond motifs is 1. The van der Waals surface area contributed by atoms with E-state index in [1.807, 2.05) is 24.3 Å². The van der Waals surface area contributed by atoms with Crippen LogP contribution in [0, 0.1) is 0 Å². The van der Waals surface area contributed by atoms with E-state index in [4.69, 9.17) is 0 Å². The fraction of sp³-hybridized carbons (Fsp3) is 0.227. The van der Waals surface area contributed by atoms with Crippen LogP contribution in [0.5, 0.6) is 0 Å². The van der Waals surface area contributed by atoms with Gasteiger partial charge >= 0.3 is 0 Å². The molecule has 4 aromatic rings. The Morgan fingerprint density at radius 2 is 1.68 bits per heavy atom. The topological polar surface area (TPSA) is 52.7 Å². The molecule has 0 fully saturated rings. The van der Waals surface area contributed by atoms with Gasteiger partial charge in [0.1, 0.15) is 11.7 Å². The molecule has 0 N–H and O–H groups in total. The van der Waals surface area contributed by atoms with Gasteiger partial charge in [-0.1, -0.05) is 61.0 Å². The van der Waals surface area contributed by atoms with Crippen LogP contribution >= 0.6 is 15.9 Å². The van der Waals surface area contributed by atoms with E-state index < -0.39 is 0 Å². The van der Waals surface area contributed by atoms with Crippen molar-refractivity contribution in [2.45, 2.75) is 32.7 Å². The van der Waals surface area contributed by atoms with E-state index in [0.29, 0.717) is 17.6 Å². The first-order valence-corrected chi connectivity index (χ1v) is 9.91. The molecule has 0 aliphatic heterocycles. The zero-order valence-corrected chi connectivity index (χ0v) is 17.6.